The fourth-order valence-electron chi connectivity index (χ4n) is 5.32. The van der Waals surface area contributed by atoms with Crippen LogP contribution in [0.4, 0.5) is 8.78 Å². The zero-order chi connectivity index (χ0) is 29.8. The second kappa shape index (κ2) is 12.4. The number of ether oxygens (including phenoxy) is 2. The van der Waals surface area contributed by atoms with Crippen LogP contribution in [-0.2, 0) is 20.8 Å². The Balaban J connectivity index is 1.52. The van der Waals surface area contributed by atoms with Crippen LogP contribution in [0.1, 0.15) is 71.3 Å². The van der Waals surface area contributed by atoms with E-state index in [0.29, 0.717) is 17.7 Å². The van der Waals surface area contributed by atoms with Crippen LogP contribution in [0.5, 0.6) is 0 Å². The van der Waals surface area contributed by atoms with Crippen LogP contribution in [0.15, 0.2) is 59.2 Å². The van der Waals surface area contributed by atoms with E-state index >= 15 is 0 Å². The van der Waals surface area contributed by atoms with Gasteiger partial charge in [0.05, 0.1) is 25.0 Å². The summed E-state index contributed by atoms with van der Waals surface area (Å²) in [5.74, 6) is -3.21. The number of halogens is 2. The van der Waals surface area contributed by atoms with Crippen molar-refractivity contribution < 1.29 is 32.6 Å². The lowest BCUT2D eigenvalue weighted by molar-refractivity contribution is -0.134. The number of carbonyl (C=O) groups excluding carboxylic acids is 3. The Hall–Kier alpha value is -4.74. The summed E-state index contributed by atoms with van der Waals surface area (Å²) in [4.78, 5) is 39.1. The lowest BCUT2D eigenvalue weighted by Gasteiger charge is -2.29. The van der Waals surface area contributed by atoms with Gasteiger partial charge < -0.3 is 9.47 Å². The van der Waals surface area contributed by atoms with Crippen molar-refractivity contribution in [1.82, 2.24) is 20.0 Å². The largest absolute Gasteiger partial charge is 0.461 e. The zero-order valence-corrected chi connectivity index (χ0v) is 23.1. The van der Waals surface area contributed by atoms with Crippen molar-refractivity contribution in [3.8, 4) is 0 Å². The first kappa shape index (κ1) is 28.8. The molecule has 2 unspecified atom stereocenters. The number of aromatic nitrogens is 3. The molecule has 0 radical (unpaired) electrons. The molecule has 2 aromatic carbocycles. The number of amides is 1. The Kier molecular flexibility index (Phi) is 8.51. The maximum atomic E-state index is 13.9. The van der Waals surface area contributed by atoms with E-state index in [-0.39, 0.29) is 36.3 Å². The van der Waals surface area contributed by atoms with Gasteiger partial charge in [-0.15, -0.1) is 5.10 Å². The number of carbonyl (C=O) groups is 3. The van der Waals surface area contributed by atoms with E-state index in [0.717, 1.165) is 28.7 Å². The predicted molar refractivity (Wildman–Crippen MR) is 147 cm³/mol. The number of nitrogens with zero attached hydrogens (tertiary/aromatic N) is 5. The molecule has 2 heterocycles. The van der Waals surface area contributed by atoms with Crippen molar-refractivity contribution in [2.75, 3.05) is 13.2 Å². The number of hydrazone groups is 1. The van der Waals surface area contributed by atoms with Crippen LogP contribution in [0.25, 0.3) is 6.08 Å². The average Bonchev–Trinajstić information content (AvgIpc) is 3.58. The summed E-state index contributed by atoms with van der Waals surface area (Å²) in [6, 6.07) is 11.4. The first-order valence-electron chi connectivity index (χ1n) is 13.7. The van der Waals surface area contributed by atoms with Crippen LogP contribution in [0.3, 0.4) is 0 Å². The standard InChI is InChI=1S/C30H29F2N5O5/c1-3-41-29(39)26-28(30(40)42-4-2)36(35-33-26)17-24(38)37-27(19-10-14-22(32)15-11-19)23-7-5-6-20(25(23)34-37)16-18-8-12-21(31)13-9-18/h8-16,23,27H,3-7,17H2,1-2H3/b20-16-. The highest BCUT2D eigenvalue weighted by Gasteiger charge is 2.44. The molecule has 2 aliphatic rings. The maximum Gasteiger partial charge on any atom is 0.361 e. The van der Waals surface area contributed by atoms with Gasteiger partial charge in [0, 0.05) is 5.92 Å². The number of rotatable bonds is 8. The van der Waals surface area contributed by atoms with Crippen LogP contribution >= 0.6 is 0 Å². The molecule has 1 aliphatic carbocycles. The molecule has 1 aliphatic heterocycles. The van der Waals surface area contributed by atoms with E-state index in [4.69, 9.17) is 14.6 Å². The van der Waals surface area contributed by atoms with Crippen LogP contribution in [0.2, 0.25) is 0 Å². The summed E-state index contributed by atoms with van der Waals surface area (Å²) < 4.78 is 38.4. The molecule has 1 saturated carbocycles. The van der Waals surface area contributed by atoms with Crippen molar-refractivity contribution >= 4 is 29.6 Å². The third-order valence-electron chi connectivity index (χ3n) is 7.14. The monoisotopic (exact) mass is 577 g/mol. The zero-order valence-electron chi connectivity index (χ0n) is 23.1. The highest BCUT2D eigenvalue weighted by atomic mass is 19.1. The molecule has 2 atom stereocenters. The third kappa shape index (κ3) is 5.83. The Morgan fingerprint density at radius 2 is 1.60 bits per heavy atom. The van der Waals surface area contributed by atoms with Gasteiger partial charge in [-0.2, -0.15) is 5.10 Å². The van der Waals surface area contributed by atoms with E-state index in [1.807, 2.05) is 6.08 Å². The molecule has 10 nitrogen and oxygen atoms in total. The fourth-order valence-corrected chi connectivity index (χ4v) is 5.32. The first-order valence-corrected chi connectivity index (χ1v) is 13.7. The first-order chi connectivity index (χ1) is 20.3. The molecule has 12 heteroatoms. The molecule has 1 fully saturated rings. The number of esters is 2. The van der Waals surface area contributed by atoms with Gasteiger partial charge in [0.15, 0.2) is 5.69 Å². The summed E-state index contributed by atoms with van der Waals surface area (Å²) in [6.45, 7) is 2.81. The lowest BCUT2D eigenvalue weighted by Crippen LogP contribution is -2.34. The molecule has 0 bridgehead atoms. The number of allylic oxidation sites excluding steroid dienone is 1. The van der Waals surface area contributed by atoms with Gasteiger partial charge >= 0.3 is 11.9 Å². The highest BCUT2D eigenvalue weighted by Crippen LogP contribution is 2.44. The molecule has 5 rings (SSSR count). The minimum atomic E-state index is -0.876. The van der Waals surface area contributed by atoms with E-state index in [2.05, 4.69) is 10.3 Å². The van der Waals surface area contributed by atoms with Gasteiger partial charge in [-0.25, -0.2) is 28.1 Å². The molecule has 0 N–H and O–H groups in total. The topological polar surface area (TPSA) is 116 Å². The fraction of sp³-hybridized carbons (Fsp3) is 0.333. The van der Waals surface area contributed by atoms with Crippen LogP contribution in [-0.4, -0.2) is 56.8 Å². The van der Waals surface area contributed by atoms with E-state index < -0.39 is 36.2 Å². The number of hydrogen-bond donors (Lipinski definition) is 0. The van der Waals surface area contributed by atoms with Gasteiger partial charge in [-0.1, -0.05) is 29.5 Å². The van der Waals surface area contributed by atoms with Crippen molar-refractivity contribution in [3.63, 3.8) is 0 Å². The van der Waals surface area contributed by atoms with E-state index in [9.17, 15) is 23.2 Å². The van der Waals surface area contributed by atoms with Crippen LogP contribution in [0, 0.1) is 17.6 Å². The predicted octanol–water partition coefficient (Wildman–Crippen LogP) is 4.73. The van der Waals surface area contributed by atoms with E-state index in [1.54, 1.807) is 38.1 Å². The molecular formula is C30H29F2N5O5. The molecule has 42 heavy (non-hydrogen) atoms. The average molecular weight is 578 g/mol. The summed E-state index contributed by atoms with van der Waals surface area (Å²) in [5.41, 5.74) is 2.45. The van der Waals surface area contributed by atoms with Crippen molar-refractivity contribution in [2.24, 2.45) is 11.0 Å². The Morgan fingerprint density at radius 3 is 2.26 bits per heavy atom. The lowest BCUT2D eigenvalue weighted by atomic mass is 9.77. The molecule has 0 saturated heterocycles. The highest BCUT2D eigenvalue weighted by molar-refractivity contribution is 6.08. The SMILES string of the molecule is CCOC(=O)c1nnn(CC(=O)N2N=C3/C(=C\c4ccc(F)cc4)CCCC3C2c2ccc(F)cc2)c1C(=O)OCC. The van der Waals surface area contributed by atoms with Gasteiger partial charge in [0.2, 0.25) is 5.69 Å². The molecule has 1 aromatic heterocycles. The summed E-state index contributed by atoms with van der Waals surface area (Å²) in [5, 5.41) is 13.8. The summed E-state index contributed by atoms with van der Waals surface area (Å²) in [6.07, 6.45) is 4.21. The number of hydrogen-bond acceptors (Lipinski definition) is 8. The Morgan fingerprint density at radius 1 is 0.952 bits per heavy atom. The maximum absolute atomic E-state index is 13.9. The normalized spacial score (nSPS) is 18.9. The minimum Gasteiger partial charge on any atom is -0.461 e. The Labute approximate surface area is 240 Å². The third-order valence-corrected chi connectivity index (χ3v) is 7.14. The molecule has 218 valence electrons. The quantitative estimate of drug-likeness (QED) is 0.356. The number of benzene rings is 2. The second-order valence-corrected chi connectivity index (χ2v) is 9.83. The van der Waals surface area contributed by atoms with Gasteiger partial charge in [-0.05, 0) is 80.2 Å². The van der Waals surface area contributed by atoms with E-state index in [1.165, 1.54) is 29.3 Å². The van der Waals surface area contributed by atoms with Crippen molar-refractivity contribution in [1.29, 1.82) is 0 Å². The summed E-state index contributed by atoms with van der Waals surface area (Å²) >= 11 is 0. The minimum absolute atomic E-state index is 0.0253. The van der Waals surface area contributed by atoms with Crippen molar-refractivity contribution in [3.05, 3.63) is 88.3 Å². The van der Waals surface area contributed by atoms with Crippen molar-refractivity contribution in [2.45, 2.75) is 45.7 Å². The second-order valence-electron chi connectivity index (χ2n) is 9.83. The number of fused-ring (bicyclic) bond motifs is 1. The molecule has 1 amide bonds. The molecule has 3 aromatic rings. The van der Waals surface area contributed by atoms with Gasteiger partial charge in [-0.3, -0.25) is 4.79 Å². The van der Waals surface area contributed by atoms with Gasteiger partial charge in [0.25, 0.3) is 5.91 Å². The smallest absolute Gasteiger partial charge is 0.361 e. The molecule has 0 spiro atoms. The van der Waals surface area contributed by atoms with Crippen LogP contribution < -0.4 is 0 Å². The molecular weight excluding hydrogens is 548 g/mol. The summed E-state index contributed by atoms with van der Waals surface area (Å²) in [7, 11) is 0. The Bertz CT molecular complexity index is 1550. The van der Waals surface area contributed by atoms with Gasteiger partial charge in [0.1, 0.15) is 18.2 Å².